The van der Waals surface area contributed by atoms with Gasteiger partial charge in [-0.15, -0.1) is 12.6 Å². The molecular weight excluding hydrogens is 357 g/mol. The van der Waals surface area contributed by atoms with Crippen LogP contribution in [0.25, 0.3) is 0 Å². The Morgan fingerprint density at radius 1 is 1.31 bits per heavy atom. The molecule has 7 N–H and O–H groups in total. The van der Waals surface area contributed by atoms with Crippen LogP contribution in [-0.4, -0.2) is 23.6 Å². The first-order chi connectivity index (χ1) is 12.0. The van der Waals surface area contributed by atoms with Crippen molar-refractivity contribution in [1.29, 1.82) is 5.41 Å². The van der Waals surface area contributed by atoms with Crippen LogP contribution in [-0.2, 0) is 4.79 Å². The van der Waals surface area contributed by atoms with E-state index in [1.54, 1.807) is 6.92 Å². The number of rotatable bonds is 9. The molecule has 0 radical (unpaired) electrons. The first-order valence-electron chi connectivity index (χ1n) is 7.93. The standard InChI is InChI=1S/C17H24FN5O2S/c1-8(2)4-14(17(21)25)22-13-7-12(23-15(26)5-9(3)19)10(16(20)24)6-11(13)18/h5-8,14,19,22-23,26H,4H2,1-3H3,(H2,20,24)(H2,21,25)/b15-5-,19-9?. The zero-order valence-electron chi connectivity index (χ0n) is 14.9. The number of carbonyl (C=O) groups excluding carboxylic acids is 2. The van der Waals surface area contributed by atoms with Gasteiger partial charge in [0, 0.05) is 5.71 Å². The number of primary amides is 2. The Kier molecular flexibility index (Phi) is 7.63. The summed E-state index contributed by atoms with van der Waals surface area (Å²) in [5.74, 6) is -2.03. The van der Waals surface area contributed by atoms with Gasteiger partial charge in [0.15, 0.2) is 0 Å². The number of carbonyl (C=O) groups is 2. The number of hydrogen-bond acceptors (Lipinski definition) is 6. The van der Waals surface area contributed by atoms with Crippen molar-refractivity contribution in [1.82, 2.24) is 0 Å². The molecule has 0 aromatic heterocycles. The van der Waals surface area contributed by atoms with Crippen LogP contribution in [0.3, 0.4) is 0 Å². The van der Waals surface area contributed by atoms with Gasteiger partial charge in [-0.3, -0.25) is 9.59 Å². The van der Waals surface area contributed by atoms with Gasteiger partial charge in [-0.2, -0.15) is 0 Å². The molecular formula is C17H24FN5O2S. The topological polar surface area (TPSA) is 134 Å². The minimum atomic E-state index is -0.834. The van der Waals surface area contributed by atoms with Gasteiger partial charge in [-0.25, -0.2) is 4.39 Å². The molecule has 0 spiro atoms. The summed E-state index contributed by atoms with van der Waals surface area (Å²) >= 11 is 4.17. The second-order valence-corrected chi connectivity index (χ2v) is 6.79. The van der Waals surface area contributed by atoms with E-state index >= 15 is 0 Å². The summed E-state index contributed by atoms with van der Waals surface area (Å²) in [4.78, 5) is 23.2. The molecule has 1 rings (SSSR count). The summed E-state index contributed by atoms with van der Waals surface area (Å²) in [5.41, 5.74) is 11.0. The number of amides is 2. The molecule has 142 valence electrons. The van der Waals surface area contributed by atoms with Crippen LogP contribution in [0.1, 0.15) is 37.6 Å². The van der Waals surface area contributed by atoms with E-state index in [2.05, 4.69) is 23.3 Å². The average molecular weight is 381 g/mol. The van der Waals surface area contributed by atoms with E-state index in [9.17, 15) is 14.0 Å². The lowest BCUT2D eigenvalue weighted by Gasteiger charge is -2.20. The zero-order chi connectivity index (χ0) is 20.0. The van der Waals surface area contributed by atoms with Crippen LogP contribution in [0.4, 0.5) is 15.8 Å². The summed E-state index contributed by atoms with van der Waals surface area (Å²) in [6, 6.07) is 1.51. The Balaban J connectivity index is 3.29. The van der Waals surface area contributed by atoms with Crippen molar-refractivity contribution in [3.8, 4) is 0 Å². The lowest BCUT2D eigenvalue weighted by Crippen LogP contribution is -2.36. The molecule has 0 saturated carbocycles. The highest BCUT2D eigenvalue weighted by atomic mass is 32.1. The fourth-order valence-corrected chi connectivity index (χ4v) is 2.59. The van der Waals surface area contributed by atoms with Gasteiger partial charge >= 0.3 is 0 Å². The Morgan fingerprint density at radius 3 is 2.38 bits per heavy atom. The van der Waals surface area contributed by atoms with E-state index in [0.717, 1.165) is 6.07 Å². The average Bonchev–Trinajstić information content (AvgIpc) is 2.47. The van der Waals surface area contributed by atoms with Crippen LogP contribution >= 0.6 is 12.6 Å². The number of nitrogens with one attached hydrogen (secondary N) is 3. The molecule has 1 aromatic rings. The molecule has 0 bridgehead atoms. The SMILES string of the molecule is CC(=N)/C=C(\S)Nc1cc(NC(CC(C)C)C(N)=O)c(F)cc1C(N)=O. The van der Waals surface area contributed by atoms with Crippen LogP contribution in [0.15, 0.2) is 23.2 Å². The van der Waals surface area contributed by atoms with E-state index in [-0.39, 0.29) is 33.6 Å². The second kappa shape index (κ2) is 9.23. The maximum atomic E-state index is 14.4. The fourth-order valence-electron chi connectivity index (χ4n) is 2.28. The largest absolute Gasteiger partial charge is 0.371 e. The molecule has 0 heterocycles. The first-order valence-corrected chi connectivity index (χ1v) is 8.38. The first kappa shape index (κ1) is 21.5. The van der Waals surface area contributed by atoms with Crippen LogP contribution < -0.4 is 22.1 Å². The van der Waals surface area contributed by atoms with Crippen LogP contribution in [0.5, 0.6) is 0 Å². The fraction of sp³-hybridized carbons (Fsp3) is 0.353. The lowest BCUT2D eigenvalue weighted by molar-refractivity contribution is -0.119. The van der Waals surface area contributed by atoms with E-state index in [4.69, 9.17) is 16.9 Å². The number of benzene rings is 1. The molecule has 1 unspecified atom stereocenters. The Hall–Kier alpha value is -2.55. The monoisotopic (exact) mass is 381 g/mol. The predicted molar refractivity (Wildman–Crippen MR) is 105 cm³/mol. The summed E-state index contributed by atoms with van der Waals surface area (Å²) in [7, 11) is 0. The summed E-state index contributed by atoms with van der Waals surface area (Å²) < 4.78 is 14.4. The molecule has 0 aliphatic carbocycles. The molecule has 0 aliphatic heterocycles. The Labute approximate surface area is 157 Å². The van der Waals surface area contributed by atoms with Gasteiger partial charge < -0.3 is 27.5 Å². The number of hydrogen-bond donors (Lipinski definition) is 6. The van der Waals surface area contributed by atoms with Crippen molar-refractivity contribution >= 4 is 41.5 Å². The molecule has 0 saturated heterocycles. The summed E-state index contributed by atoms with van der Waals surface area (Å²) in [5, 5.41) is 13.3. The van der Waals surface area contributed by atoms with Gasteiger partial charge in [0.2, 0.25) is 5.91 Å². The Bertz CT molecular complexity index is 749. The van der Waals surface area contributed by atoms with E-state index in [1.807, 2.05) is 13.8 Å². The lowest BCUT2D eigenvalue weighted by atomic mass is 10.0. The van der Waals surface area contributed by atoms with Crippen molar-refractivity contribution < 1.29 is 14.0 Å². The third-order valence-electron chi connectivity index (χ3n) is 3.37. The maximum absolute atomic E-state index is 14.4. The number of thiol groups is 1. The van der Waals surface area contributed by atoms with Gasteiger partial charge in [0.05, 0.1) is 22.0 Å². The van der Waals surface area contributed by atoms with Crippen molar-refractivity contribution in [2.24, 2.45) is 17.4 Å². The number of anilines is 2. The van der Waals surface area contributed by atoms with Crippen LogP contribution in [0, 0.1) is 17.1 Å². The third kappa shape index (κ3) is 6.40. The third-order valence-corrected chi connectivity index (χ3v) is 3.61. The van der Waals surface area contributed by atoms with E-state index < -0.39 is 23.7 Å². The highest BCUT2D eigenvalue weighted by Gasteiger charge is 2.20. The highest BCUT2D eigenvalue weighted by molar-refractivity contribution is 7.84. The molecule has 2 amide bonds. The van der Waals surface area contributed by atoms with Crippen molar-refractivity contribution in [3.63, 3.8) is 0 Å². The van der Waals surface area contributed by atoms with Crippen molar-refractivity contribution in [3.05, 3.63) is 34.6 Å². The minimum absolute atomic E-state index is 0.00495. The smallest absolute Gasteiger partial charge is 0.250 e. The maximum Gasteiger partial charge on any atom is 0.250 e. The Morgan fingerprint density at radius 2 is 1.92 bits per heavy atom. The molecule has 0 fully saturated rings. The molecule has 9 heteroatoms. The van der Waals surface area contributed by atoms with Crippen molar-refractivity contribution in [2.45, 2.75) is 33.2 Å². The molecule has 1 aromatic carbocycles. The van der Waals surface area contributed by atoms with E-state index in [0.29, 0.717) is 6.42 Å². The number of nitrogens with two attached hydrogens (primary N) is 2. The number of allylic oxidation sites excluding steroid dienone is 1. The summed E-state index contributed by atoms with van der Waals surface area (Å²) in [6.07, 6.45) is 1.83. The number of halogens is 1. The molecule has 26 heavy (non-hydrogen) atoms. The van der Waals surface area contributed by atoms with Gasteiger partial charge in [-0.05, 0) is 37.5 Å². The van der Waals surface area contributed by atoms with Gasteiger partial charge in [0.1, 0.15) is 11.9 Å². The molecule has 1 atom stereocenters. The summed E-state index contributed by atoms with van der Waals surface area (Å²) in [6.45, 7) is 5.37. The highest BCUT2D eigenvalue weighted by Crippen LogP contribution is 2.27. The van der Waals surface area contributed by atoms with Gasteiger partial charge in [-0.1, -0.05) is 13.8 Å². The van der Waals surface area contributed by atoms with Crippen molar-refractivity contribution in [2.75, 3.05) is 10.6 Å². The second-order valence-electron chi connectivity index (χ2n) is 6.31. The van der Waals surface area contributed by atoms with Gasteiger partial charge in [0.25, 0.3) is 5.91 Å². The zero-order valence-corrected chi connectivity index (χ0v) is 15.8. The van der Waals surface area contributed by atoms with E-state index in [1.165, 1.54) is 12.1 Å². The molecule has 7 nitrogen and oxygen atoms in total. The normalized spacial score (nSPS) is 12.6. The molecule has 0 aliphatic rings. The quantitative estimate of drug-likeness (QED) is 0.289. The van der Waals surface area contributed by atoms with Crippen LogP contribution in [0.2, 0.25) is 0 Å². The predicted octanol–water partition coefficient (Wildman–Crippen LogP) is 2.46. The minimum Gasteiger partial charge on any atom is -0.371 e.